The fourth-order valence-corrected chi connectivity index (χ4v) is 7.79. The number of esters is 2. The van der Waals surface area contributed by atoms with Crippen LogP contribution in [0.5, 0.6) is 5.88 Å². The summed E-state index contributed by atoms with van der Waals surface area (Å²) in [5.41, 5.74) is 5.77. The van der Waals surface area contributed by atoms with Gasteiger partial charge in [-0.2, -0.15) is 9.97 Å². The third-order valence-electron chi connectivity index (χ3n) is 8.52. The van der Waals surface area contributed by atoms with Crippen molar-refractivity contribution in [1.29, 1.82) is 0 Å². The number of carbonyl (C=O) groups excluding carboxylic acids is 2. The maximum Gasteiger partial charge on any atom is 0.342 e. The van der Waals surface area contributed by atoms with Gasteiger partial charge in [-0.1, -0.05) is 60.7 Å². The minimum Gasteiger partial charge on any atom is -0.479 e. The quantitative estimate of drug-likeness (QED) is 0.0768. The number of aliphatic hydroxyl groups excluding tert-OH is 1. The van der Waals surface area contributed by atoms with Crippen LogP contribution in [0.3, 0.4) is 0 Å². The number of nitrogens with two attached hydrogens (primary N) is 1. The first-order chi connectivity index (χ1) is 25.6. The number of benzene rings is 2. The highest BCUT2D eigenvalue weighted by molar-refractivity contribution is 7.54. The average Bonchev–Trinajstić information content (AvgIpc) is 3.63. The Bertz CT molecular complexity index is 1860. The van der Waals surface area contributed by atoms with Crippen LogP contribution in [0.4, 0.5) is 5.95 Å². The van der Waals surface area contributed by atoms with E-state index in [-0.39, 0.29) is 35.8 Å². The highest BCUT2D eigenvalue weighted by Crippen LogP contribution is 2.44. The van der Waals surface area contributed by atoms with Gasteiger partial charge in [0.25, 0.3) is 0 Å². The number of imidazole rings is 1. The smallest absolute Gasteiger partial charge is 0.342 e. The number of rotatable bonds is 17. The number of aliphatic hydroxyl groups is 2. The molecular formula is C36H48N7O10P. The summed E-state index contributed by atoms with van der Waals surface area (Å²) in [5, 5.41) is 28.6. The Balaban J connectivity index is 1.48. The Morgan fingerprint density at radius 3 is 1.94 bits per heavy atom. The molecule has 5 rings (SSSR count). The fraction of sp³-hybridized carbons (Fsp3) is 0.472. The molecule has 4 aromatic rings. The average molecular weight is 770 g/mol. The zero-order valence-corrected chi connectivity index (χ0v) is 31.9. The van der Waals surface area contributed by atoms with Crippen LogP contribution >= 0.6 is 7.67 Å². The molecule has 18 heteroatoms. The molecule has 0 spiro atoms. The number of hydrogen-bond acceptors (Lipinski definition) is 14. The van der Waals surface area contributed by atoms with Gasteiger partial charge in [-0.15, -0.1) is 0 Å². The van der Waals surface area contributed by atoms with Crippen LogP contribution in [0.1, 0.15) is 52.0 Å². The third-order valence-corrected chi connectivity index (χ3v) is 10.3. The number of nitrogens with zero attached hydrogens (tertiary/aromatic N) is 4. The first kappa shape index (κ1) is 40.7. The maximum atomic E-state index is 15.1. The number of anilines is 1. The lowest BCUT2D eigenvalue weighted by atomic mass is 9.96. The molecule has 0 radical (unpaired) electrons. The van der Waals surface area contributed by atoms with Gasteiger partial charge in [-0.05, 0) is 58.6 Å². The van der Waals surface area contributed by atoms with E-state index < -0.39 is 74.5 Å². The van der Waals surface area contributed by atoms with E-state index in [1.165, 1.54) is 24.9 Å². The van der Waals surface area contributed by atoms with E-state index in [9.17, 15) is 19.8 Å². The lowest BCUT2D eigenvalue weighted by Gasteiger charge is -2.30. The molecular weight excluding hydrogens is 721 g/mol. The first-order valence-electron chi connectivity index (χ1n) is 17.5. The van der Waals surface area contributed by atoms with E-state index in [1.54, 1.807) is 76.2 Å². The molecule has 2 aromatic heterocycles. The van der Waals surface area contributed by atoms with Crippen molar-refractivity contribution < 1.29 is 47.8 Å². The number of nitrogen functional groups attached to an aromatic ring is 1. The summed E-state index contributed by atoms with van der Waals surface area (Å²) in [7, 11) is -3.12. The summed E-state index contributed by atoms with van der Waals surface area (Å²) in [5.74, 6) is -1.46. The van der Waals surface area contributed by atoms with Crippen molar-refractivity contribution in [3.05, 3.63) is 78.1 Å². The molecule has 0 aliphatic carbocycles. The highest BCUT2D eigenvalue weighted by Gasteiger charge is 2.54. The number of hydrogen-bond donors (Lipinski definition) is 5. The molecule has 1 fully saturated rings. The van der Waals surface area contributed by atoms with Crippen LogP contribution in [0.2, 0.25) is 0 Å². The molecule has 2 aromatic carbocycles. The van der Waals surface area contributed by atoms with Crippen molar-refractivity contribution in [2.75, 3.05) is 19.5 Å². The largest absolute Gasteiger partial charge is 0.479 e. The van der Waals surface area contributed by atoms with Gasteiger partial charge in [0.05, 0.1) is 32.3 Å². The molecule has 54 heavy (non-hydrogen) atoms. The summed E-state index contributed by atoms with van der Waals surface area (Å²) >= 11 is 0. The number of aromatic nitrogens is 4. The molecule has 3 heterocycles. The van der Waals surface area contributed by atoms with Crippen molar-refractivity contribution in [3.63, 3.8) is 0 Å². The van der Waals surface area contributed by atoms with E-state index in [1.807, 2.05) is 12.1 Å². The lowest BCUT2D eigenvalue weighted by molar-refractivity contribution is -0.150. The van der Waals surface area contributed by atoms with Crippen LogP contribution in [0.25, 0.3) is 11.2 Å². The minimum absolute atomic E-state index is 0.0444. The van der Waals surface area contributed by atoms with E-state index in [0.717, 1.165) is 11.1 Å². The zero-order chi connectivity index (χ0) is 39.2. The molecule has 0 bridgehead atoms. The Labute approximate surface area is 313 Å². The van der Waals surface area contributed by atoms with Crippen molar-refractivity contribution in [2.45, 2.75) is 95.8 Å². The first-order valence-corrected chi connectivity index (χ1v) is 19.1. The monoisotopic (exact) mass is 769 g/mol. The van der Waals surface area contributed by atoms with Gasteiger partial charge in [0, 0.05) is 0 Å². The number of carbonyl (C=O) groups is 2. The molecule has 3 unspecified atom stereocenters. The molecule has 6 N–H and O–H groups in total. The van der Waals surface area contributed by atoms with Crippen molar-refractivity contribution in [2.24, 2.45) is 0 Å². The topological polar surface area (TPSA) is 231 Å². The maximum absolute atomic E-state index is 15.1. The standard InChI is InChI=1S/C36H48N7O10P/c1-21(2)51-32(45)25(17-23-13-9-7-10-14-23)41-54(48,42-26(33(46)52-22(3)4)18-24-15-11-8-12-16-24)50-19-27-29(44)36(5,47)34(53-27)43-20-38-28-30(43)39-35(37)40-31(28)49-6/h7-16,20-22,25-27,29,34,44,47H,17-19H2,1-6H3,(H2,37,39,40)(H2,41,42,48)/t25?,26?,27-,29+,34-,36?,54?/m1/s1. The number of nitrogens with one attached hydrogen (secondary N) is 2. The van der Waals surface area contributed by atoms with Crippen LogP contribution in [0, 0.1) is 0 Å². The molecule has 1 aliphatic rings. The fourth-order valence-electron chi connectivity index (χ4n) is 5.99. The van der Waals surface area contributed by atoms with Gasteiger partial charge >= 0.3 is 19.6 Å². The van der Waals surface area contributed by atoms with Crippen molar-refractivity contribution in [1.82, 2.24) is 29.7 Å². The second kappa shape index (κ2) is 17.3. The molecule has 0 amide bonds. The van der Waals surface area contributed by atoms with Crippen LogP contribution < -0.4 is 20.6 Å². The molecule has 1 saturated heterocycles. The molecule has 17 nitrogen and oxygen atoms in total. The van der Waals surface area contributed by atoms with Gasteiger partial charge in [-0.25, -0.2) is 15.2 Å². The number of fused-ring (bicyclic) bond motifs is 1. The van der Waals surface area contributed by atoms with Gasteiger partial charge in [0.1, 0.15) is 29.9 Å². The Morgan fingerprint density at radius 2 is 1.46 bits per heavy atom. The number of methoxy groups -OCH3 is 1. The second-order valence-corrected chi connectivity index (χ2v) is 15.6. The SMILES string of the molecule is COc1nc(N)nc2c1ncn2[C@@H]1O[C@H](COP(=O)(NC(Cc2ccccc2)C(=O)OC(C)C)NC(Cc2ccccc2)C(=O)OC(C)C)[C@H](O)C1(C)O. The summed E-state index contributed by atoms with van der Waals surface area (Å²) < 4.78 is 45.0. The number of ether oxygens (including phenoxy) is 4. The van der Waals surface area contributed by atoms with Crippen molar-refractivity contribution >= 4 is 36.7 Å². The molecule has 1 aliphatic heterocycles. The van der Waals surface area contributed by atoms with E-state index in [4.69, 9.17) is 29.2 Å². The Hall–Kier alpha value is -4.48. The van der Waals surface area contributed by atoms with Gasteiger partial charge < -0.3 is 39.4 Å². The van der Waals surface area contributed by atoms with Gasteiger partial charge in [0.15, 0.2) is 17.4 Å². The second-order valence-electron chi connectivity index (χ2n) is 13.7. The molecule has 0 saturated carbocycles. The predicted molar refractivity (Wildman–Crippen MR) is 197 cm³/mol. The normalized spacial score (nSPS) is 22.2. The van der Waals surface area contributed by atoms with Crippen LogP contribution in [-0.2, 0) is 45.7 Å². The third kappa shape index (κ3) is 9.78. The minimum atomic E-state index is -4.50. The van der Waals surface area contributed by atoms with Crippen LogP contribution in [0.15, 0.2) is 67.0 Å². The van der Waals surface area contributed by atoms with E-state index >= 15 is 4.57 Å². The van der Waals surface area contributed by atoms with Gasteiger partial charge in [-0.3, -0.25) is 18.7 Å². The summed E-state index contributed by atoms with van der Waals surface area (Å²) in [4.78, 5) is 39.6. The lowest BCUT2D eigenvalue weighted by Crippen LogP contribution is -2.48. The summed E-state index contributed by atoms with van der Waals surface area (Å²) in [6, 6.07) is 15.6. The zero-order valence-electron chi connectivity index (χ0n) is 31.0. The summed E-state index contributed by atoms with van der Waals surface area (Å²) in [6.45, 7) is 7.50. The molecule has 6 atom stereocenters. The Kier molecular flexibility index (Phi) is 13.1. The van der Waals surface area contributed by atoms with Crippen molar-refractivity contribution in [3.8, 4) is 5.88 Å². The van der Waals surface area contributed by atoms with E-state index in [0.29, 0.717) is 0 Å². The van der Waals surface area contributed by atoms with Gasteiger partial charge in [0.2, 0.25) is 11.8 Å². The molecule has 292 valence electrons. The van der Waals surface area contributed by atoms with E-state index in [2.05, 4.69) is 25.1 Å². The van der Waals surface area contributed by atoms with Crippen LogP contribution in [-0.4, -0.2) is 97.5 Å². The predicted octanol–water partition coefficient (Wildman–Crippen LogP) is 2.86. The summed E-state index contributed by atoms with van der Waals surface area (Å²) in [6.07, 6.45) is -3.78. The highest BCUT2D eigenvalue weighted by atomic mass is 31.2. The Morgan fingerprint density at radius 1 is 0.944 bits per heavy atom.